The van der Waals surface area contributed by atoms with Crippen molar-refractivity contribution in [2.24, 2.45) is 34.5 Å². The highest BCUT2D eigenvalue weighted by molar-refractivity contribution is 5.85. The molecule has 5 aliphatic rings. The van der Waals surface area contributed by atoms with E-state index in [4.69, 9.17) is 4.74 Å². The highest BCUT2D eigenvalue weighted by Gasteiger charge is 2.68. The summed E-state index contributed by atoms with van der Waals surface area (Å²) in [7, 11) is 0. The monoisotopic (exact) mass is 390 g/mol. The minimum Gasteiger partial charge on any atom is -0.458 e. The van der Waals surface area contributed by atoms with Crippen LogP contribution in [0.15, 0.2) is 11.6 Å². The third-order valence-corrected chi connectivity index (χ3v) is 10.1. The SMILES string of the molecule is C[C@]12C(O)C[C@@H](O)C[C@H]1CC[C@@H]1[C@@H]2CC[C@]2(C)[C@@H](C3=CC(=O)OC3)CC[C@]12O. The van der Waals surface area contributed by atoms with Crippen LogP contribution in [0.3, 0.4) is 0 Å². The van der Waals surface area contributed by atoms with Gasteiger partial charge in [-0.3, -0.25) is 0 Å². The van der Waals surface area contributed by atoms with Gasteiger partial charge in [-0.15, -0.1) is 0 Å². The minimum atomic E-state index is -0.753. The normalized spacial score (nSPS) is 55.8. The van der Waals surface area contributed by atoms with Crippen LogP contribution in [0.4, 0.5) is 0 Å². The molecule has 0 bridgehead atoms. The molecule has 0 saturated heterocycles. The van der Waals surface area contributed by atoms with Crippen LogP contribution in [-0.2, 0) is 9.53 Å². The first-order valence-corrected chi connectivity index (χ1v) is 11.2. The third kappa shape index (κ3) is 2.27. The van der Waals surface area contributed by atoms with E-state index in [1.807, 2.05) is 0 Å². The van der Waals surface area contributed by atoms with Crippen molar-refractivity contribution >= 4 is 5.97 Å². The van der Waals surface area contributed by atoms with Crippen LogP contribution < -0.4 is 0 Å². The molecule has 5 heteroatoms. The topological polar surface area (TPSA) is 87.0 Å². The van der Waals surface area contributed by atoms with Crippen LogP contribution >= 0.6 is 0 Å². The number of carbonyl (C=O) groups excluding carboxylic acids is 1. The second-order valence-electron chi connectivity index (χ2n) is 10.8. The van der Waals surface area contributed by atoms with E-state index in [9.17, 15) is 20.1 Å². The van der Waals surface area contributed by atoms with Crippen LogP contribution in [-0.4, -0.2) is 45.7 Å². The van der Waals surface area contributed by atoms with E-state index in [0.29, 0.717) is 24.9 Å². The Labute approximate surface area is 167 Å². The molecule has 1 aliphatic heterocycles. The second-order valence-corrected chi connectivity index (χ2v) is 10.8. The van der Waals surface area contributed by atoms with E-state index >= 15 is 0 Å². The largest absolute Gasteiger partial charge is 0.458 e. The van der Waals surface area contributed by atoms with Crippen LogP contribution in [0.2, 0.25) is 0 Å². The average molecular weight is 391 g/mol. The standard InChI is InChI=1S/C23H34O5/c1-21-7-5-17-18(4-3-14-10-15(24)11-19(25)22(14,17)2)23(21,27)8-6-16(21)13-9-20(26)28-12-13/h9,14-19,24-25,27H,3-8,10-12H2,1-2H3/t14-,15+,16-,17+,18-,19?,21-,22+,23+/m1/s1. The van der Waals surface area contributed by atoms with E-state index in [0.717, 1.165) is 50.5 Å². The Bertz CT molecular complexity index is 718. The van der Waals surface area contributed by atoms with Crippen molar-refractivity contribution in [1.82, 2.24) is 0 Å². The molecule has 0 aromatic rings. The third-order valence-electron chi connectivity index (χ3n) is 10.1. The first-order valence-electron chi connectivity index (χ1n) is 11.2. The van der Waals surface area contributed by atoms with Crippen molar-refractivity contribution in [3.63, 3.8) is 0 Å². The number of aliphatic hydroxyl groups is 3. The van der Waals surface area contributed by atoms with Crippen LogP contribution in [0.1, 0.15) is 65.2 Å². The summed E-state index contributed by atoms with van der Waals surface area (Å²) in [5, 5.41) is 33.3. The van der Waals surface area contributed by atoms with E-state index < -0.39 is 17.8 Å². The van der Waals surface area contributed by atoms with Crippen molar-refractivity contribution in [3.8, 4) is 0 Å². The number of aliphatic hydroxyl groups excluding tert-OH is 2. The molecule has 1 unspecified atom stereocenters. The second kappa shape index (κ2) is 6.05. The van der Waals surface area contributed by atoms with E-state index in [2.05, 4.69) is 13.8 Å². The van der Waals surface area contributed by atoms with Gasteiger partial charge < -0.3 is 20.1 Å². The molecule has 4 saturated carbocycles. The molecule has 5 rings (SSSR count). The summed E-state index contributed by atoms with van der Waals surface area (Å²) in [4.78, 5) is 11.6. The lowest BCUT2D eigenvalue weighted by Gasteiger charge is -2.64. The average Bonchev–Trinajstić information content (AvgIpc) is 3.17. The maximum Gasteiger partial charge on any atom is 0.331 e. The number of esters is 1. The zero-order valence-electron chi connectivity index (χ0n) is 17.1. The number of rotatable bonds is 1. The predicted molar refractivity (Wildman–Crippen MR) is 103 cm³/mol. The van der Waals surface area contributed by atoms with Crippen molar-refractivity contribution in [1.29, 1.82) is 0 Å². The highest BCUT2D eigenvalue weighted by Crippen LogP contribution is 2.69. The van der Waals surface area contributed by atoms with Crippen LogP contribution in [0.5, 0.6) is 0 Å². The zero-order chi connectivity index (χ0) is 19.9. The van der Waals surface area contributed by atoms with Gasteiger partial charge in [0.15, 0.2) is 0 Å². The smallest absolute Gasteiger partial charge is 0.331 e. The fourth-order valence-electron chi connectivity index (χ4n) is 8.45. The van der Waals surface area contributed by atoms with Gasteiger partial charge in [-0.2, -0.15) is 0 Å². The minimum absolute atomic E-state index is 0.181. The summed E-state index contributed by atoms with van der Waals surface area (Å²) < 4.78 is 5.18. The lowest BCUT2D eigenvalue weighted by atomic mass is 9.42. The van der Waals surface area contributed by atoms with Gasteiger partial charge in [0.25, 0.3) is 0 Å². The fourth-order valence-corrected chi connectivity index (χ4v) is 8.45. The summed E-state index contributed by atoms with van der Waals surface area (Å²) in [6, 6.07) is 0. The van der Waals surface area contributed by atoms with Gasteiger partial charge in [-0.1, -0.05) is 13.8 Å². The Morgan fingerprint density at radius 1 is 1.04 bits per heavy atom. The first-order chi connectivity index (χ1) is 13.2. The Morgan fingerprint density at radius 3 is 2.54 bits per heavy atom. The fraction of sp³-hybridized carbons (Fsp3) is 0.870. The van der Waals surface area contributed by atoms with Gasteiger partial charge >= 0.3 is 5.97 Å². The van der Waals surface area contributed by atoms with E-state index in [1.165, 1.54) is 0 Å². The zero-order valence-corrected chi connectivity index (χ0v) is 17.1. The number of fused-ring (bicyclic) bond motifs is 5. The molecular formula is C23H34O5. The number of hydrogen-bond donors (Lipinski definition) is 3. The lowest BCUT2D eigenvalue weighted by Crippen LogP contribution is -2.65. The van der Waals surface area contributed by atoms with Crippen molar-refractivity contribution in [2.45, 2.75) is 83.0 Å². The molecule has 3 N–H and O–H groups in total. The molecule has 28 heavy (non-hydrogen) atoms. The van der Waals surface area contributed by atoms with Crippen molar-refractivity contribution in [2.75, 3.05) is 6.61 Å². The number of ether oxygens (including phenoxy) is 1. The van der Waals surface area contributed by atoms with Gasteiger partial charge in [0.1, 0.15) is 6.61 Å². The molecule has 4 fully saturated rings. The summed E-state index contributed by atoms with van der Waals surface area (Å²) in [6.45, 7) is 4.81. The van der Waals surface area contributed by atoms with Gasteiger partial charge in [0, 0.05) is 11.5 Å². The van der Waals surface area contributed by atoms with E-state index in [1.54, 1.807) is 6.08 Å². The molecule has 0 amide bonds. The molecule has 0 aromatic heterocycles. The van der Waals surface area contributed by atoms with E-state index in [-0.39, 0.29) is 28.6 Å². The number of cyclic esters (lactones) is 1. The quantitative estimate of drug-likeness (QED) is 0.599. The lowest BCUT2D eigenvalue weighted by molar-refractivity contribution is -0.231. The summed E-state index contributed by atoms with van der Waals surface area (Å²) in [5.74, 6) is 0.761. The van der Waals surface area contributed by atoms with Gasteiger partial charge in [-0.25, -0.2) is 4.79 Å². The van der Waals surface area contributed by atoms with Gasteiger partial charge in [0.2, 0.25) is 0 Å². The van der Waals surface area contributed by atoms with Gasteiger partial charge in [0.05, 0.1) is 17.8 Å². The Balaban J connectivity index is 1.49. The van der Waals surface area contributed by atoms with Crippen molar-refractivity contribution in [3.05, 3.63) is 11.6 Å². The van der Waals surface area contributed by atoms with Crippen LogP contribution in [0, 0.1) is 34.5 Å². The van der Waals surface area contributed by atoms with Gasteiger partial charge in [-0.05, 0) is 86.0 Å². The molecule has 9 atom stereocenters. The maximum absolute atomic E-state index is 12.1. The summed E-state index contributed by atoms with van der Waals surface area (Å²) >= 11 is 0. The predicted octanol–water partition coefficient (Wildman–Crippen LogP) is 2.58. The maximum atomic E-state index is 12.1. The molecule has 0 aromatic carbocycles. The Morgan fingerprint density at radius 2 is 1.82 bits per heavy atom. The summed E-state index contributed by atoms with van der Waals surface area (Å²) in [5.41, 5.74) is -0.154. The molecule has 0 radical (unpaired) electrons. The molecule has 0 spiro atoms. The van der Waals surface area contributed by atoms with Crippen LogP contribution in [0.25, 0.3) is 0 Å². The number of hydrogen-bond acceptors (Lipinski definition) is 5. The summed E-state index contributed by atoms with van der Waals surface area (Å²) in [6.07, 6.45) is 7.52. The molecule has 5 nitrogen and oxygen atoms in total. The van der Waals surface area contributed by atoms with Crippen molar-refractivity contribution < 1.29 is 24.9 Å². The molecule has 1 heterocycles. The number of carbonyl (C=O) groups is 1. The highest BCUT2D eigenvalue weighted by atomic mass is 16.5. The Kier molecular flexibility index (Phi) is 4.12. The Hall–Kier alpha value is -0.910. The first kappa shape index (κ1) is 19.1. The molecule has 156 valence electrons. The molecular weight excluding hydrogens is 356 g/mol. The molecule has 4 aliphatic carbocycles.